The smallest absolute Gasteiger partial charge is 0.406 e. The summed E-state index contributed by atoms with van der Waals surface area (Å²) in [7, 11) is 0. The van der Waals surface area contributed by atoms with E-state index >= 15 is 0 Å². The van der Waals surface area contributed by atoms with E-state index in [1.54, 1.807) is 12.1 Å². The second kappa shape index (κ2) is 5.87. The zero-order valence-corrected chi connectivity index (χ0v) is 11.0. The molecule has 1 unspecified atom stereocenters. The summed E-state index contributed by atoms with van der Waals surface area (Å²) in [6.07, 6.45) is 1.20. The molecule has 0 saturated carbocycles. The number of allylic oxidation sites excluding steroid dienone is 2. The van der Waals surface area contributed by atoms with Crippen LogP contribution >= 0.6 is 11.6 Å². The minimum absolute atomic E-state index is 0.0802. The van der Waals surface area contributed by atoms with Crippen LogP contribution in [0.5, 0.6) is 5.75 Å². The van der Waals surface area contributed by atoms with E-state index in [0.717, 1.165) is 31.2 Å². The lowest BCUT2D eigenvalue weighted by Gasteiger charge is -2.16. The molecule has 0 amide bonds. The molecule has 1 aromatic rings. The first-order valence-corrected chi connectivity index (χ1v) is 6.54. The first-order valence-electron chi connectivity index (χ1n) is 6.11. The number of rotatable bonds is 3. The molecule has 1 aliphatic carbocycles. The van der Waals surface area contributed by atoms with Gasteiger partial charge in [0.1, 0.15) is 5.75 Å². The number of halogens is 4. The van der Waals surface area contributed by atoms with E-state index in [2.05, 4.69) is 4.74 Å². The Labute approximate surface area is 115 Å². The Balaban J connectivity index is 1.99. The molecule has 0 fully saturated rings. The molecule has 5 heteroatoms. The molecule has 0 aromatic heterocycles. The van der Waals surface area contributed by atoms with Gasteiger partial charge in [0.25, 0.3) is 0 Å². The van der Waals surface area contributed by atoms with E-state index in [0.29, 0.717) is 0 Å². The van der Waals surface area contributed by atoms with Crippen molar-refractivity contribution >= 4 is 11.6 Å². The van der Waals surface area contributed by atoms with Gasteiger partial charge < -0.3 is 4.74 Å². The topological polar surface area (TPSA) is 9.23 Å². The summed E-state index contributed by atoms with van der Waals surface area (Å²) in [6.45, 7) is 0. The third-order valence-electron chi connectivity index (χ3n) is 2.98. The Morgan fingerprint density at radius 3 is 2.47 bits per heavy atom. The molecule has 1 aromatic carbocycles. The van der Waals surface area contributed by atoms with Gasteiger partial charge in [-0.1, -0.05) is 23.8 Å². The van der Waals surface area contributed by atoms with Gasteiger partial charge in [-0.3, -0.25) is 0 Å². The molecule has 0 radical (unpaired) electrons. The van der Waals surface area contributed by atoms with E-state index < -0.39 is 6.36 Å². The third kappa shape index (κ3) is 4.78. The van der Waals surface area contributed by atoms with Gasteiger partial charge in [-0.15, -0.1) is 24.8 Å². The maximum atomic E-state index is 12.0. The molecule has 2 rings (SSSR count). The summed E-state index contributed by atoms with van der Waals surface area (Å²) in [5.41, 5.74) is 2.21. The lowest BCUT2D eigenvalue weighted by molar-refractivity contribution is -0.274. The first-order chi connectivity index (χ1) is 8.92. The van der Waals surface area contributed by atoms with Crippen LogP contribution in [-0.2, 0) is 6.42 Å². The fraction of sp³-hybridized carbons (Fsp3) is 0.429. The number of alkyl halides is 4. The summed E-state index contributed by atoms with van der Waals surface area (Å²) < 4.78 is 39.9. The van der Waals surface area contributed by atoms with Crippen molar-refractivity contribution in [1.29, 1.82) is 0 Å². The third-order valence-corrected chi connectivity index (χ3v) is 3.33. The summed E-state index contributed by atoms with van der Waals surface area (Å²) in [6, 6.07) is 5.98. The van der Waals surface area contributed by atoms with Crippen LogP contribution in [-0.4, -0.2) is 11.7 Å². The van der Waals surface area contributed by atoms with E-state index in [1.807, 2.05) is 6.08 Å². The SMILES string of the molecule is FC(F)(F)Oc1ccc(CC2=CC(Cl)CCC2)cc1. The van der Waals surface area contributed by atoms with Crippen molar-refractivity contribution in [2.75, 3.05) is 0 Å². The van der Waals surface area contributed by atoms with Gasteiger partial charge in [-0.25, -0.2) is 0 Å². The Kier molecular flexibility index (Phi) is 4.40. The predicted octanol–water partition coefficient (Wildman–Crippen LogP) is 4.85. The first kappa shape index (κ1) is 14.3. The Bertz CT molecular complexity index is 451. The molecule has 1 aliphatic rings. The van der Waals surface area contributed by atoms with E-state index in [1.165, 1.54) is 17.7 Å². The lowest BCUT2D eigenvalue weighted by Crippen LogP contribution is -2.17. The summed E-state index contributed by atoms with van der Waals surface area (Å²) in [4.78, 5) is 0. The highest BCUT2D eigenvalue weighted by molar-refractivity contribution is 6.21. The lowest BCUT2D eigenvalue weighted by atomic mass is 9.94. The molecule has 0 aliphatic heterocycles. The second-order valence-electron chi connectivity index (χ2n) is 4.60. The molecule has 0 saturated heterocycles. The van der Waals surface area contributed by atoms with Gasteiger partial charge in [-0.05, 0) is 43.4 Å². The van der Waals surface area contributed by atoms with Gasteiger partial charge in [0.05, 0.1) is 5.38 Å². The Morgan fingerprint density at radius 2 is 1.89 bits per heavy atom. The Hall–Kier alpha value is -1.16. The van der Waals surface area contributed by atoms with E-state index in [-0.39, 0.29) is 11.1 Å². The number of benzene rings is 1. The van der Waals surface area contributed by atoms with Crippen molar-refractivity contribution in [2.45, 2.75) is 37.4 Å². The van der Waals surface area contributed by atoms with Crippen molar-refractivity contribution in [2.24, 2.45) is 0 Å². The largest absolute Gasteiger partial charge is 0.573 e. The minimum atomic E-state index is -4.64. The molecule has 0 heterocycles. The van der Waals surface area contributed by atoms with Crippen molar-refractivity contribution in [3.63, 3.8) is 0 Å². The molecule has 1 atom stereocenters. The van der Waals surface area contributed by atoms with Crippen molar-refractivity contribution in [3.05, 3.63) is 41.5 Å². The summed E-state index contributed by atoms with van der Waals surface area (Å²) in [5, 5.41) is 0.0802. The van der Waals surface area contributed by atoms with E-state index in [9.17, 15) is 13.2 Å². The molecule has 0 N–H and O–H groups in total. The van der Waals surface area contributed by atoms with Crippen LogP contribution < -0.4 is 4.74 Å². The molecule has 104 valence electrons. The monoisotopic (exact) mass is 290 g/mol. The van der Waals surface area contributed by atoms with Crippen LogP contribution in [0.3, 0.4) is 0 Å². The molecule has 0 bridgehead atoms. The maximum Gasteiger partial charge on any atom is 0.573 e. The zero-order valence-electron chi connectivity index (χ0n) is 10.2. The maximum absolute atomic E-state index is 12.0. The van der Waals surface area contributed by atoms with Gasteiger partial charge in [0, 0.05) is 0 Å². The summed E-state index contributed by atoms with van der Waals surface area (Å²) in [5.74, 6) is -0.191. The van der Waals surface area contributed by atoms with Crippen LogP contribution in [0.4, 0.5) is 13.2 Å². The molecular formula is C14H14ClF3O. The predicted molar refractivity (Wildman–Crippen MR) is 68.4 cm³/mol. The van der Waals surface area contributed by atoms with E-state index in [4.69, 9.17) is 11.6 Å². The van der Waals surface area contributed by atoms with Gasteiger partial charge >= 0.3 is 6.36 Å². The average Bonchev–Trinajstić information content (AvgIpc) is 2.30. The molecule has 1 nitrogen and oxygen atoms in total. The highest BCUT2D eigenvalue weighted by atomic mass is 35.5. The second-order valence-corrected chi connectivity index (χ2v) is 5.16. The molecule has 0 spiro atoms. The van der Waals surface area contributed by atoms with Crippen molar-refractivity contribution in [3.8, 4) is 5.75 Å². The fourth-order valence-electron chi connectivity index (χ4n) is 2.17. The highest BCUT2D eigenvalue weighted by Crippen LogP contribution is 2.26. The highest BCUT2D eigenvalue weighted by Gasteiger charge is 2.30. The minimum Gasteiger partial charge on any atom is -0.406 e. The number of hydrogen-bond donors (Lipinski definition) is 0. The average molecular weight is 291 g/mol. The van der Waals surface area contributed by atoms with Crippen molar-refractivity contribution in [1.82, 2.24) is 0 Å². The standard InChI is InChI=1S/C14H14ClF3O/c15-12-3-1-2-11(9-12)8-10-4-6-13(7-5-10)19-14(16,17)18/h4-7,9,12H,1-3,8H2. The molecule has 19 heavy (non-hydrogen) atoms. The zero-order chi connectivity index (χ0) is 13.9. The van der Waals surface area contributed by atoms with Crippen LogP contribution in [0.25, 0.3) is 0 Å². The Morgan fingerprint density at radius 1 is 1.21 bits per heavy atom. The van der Waals surface area contributed by atoms with Crippen LogP contribution in [0.2, 0.25) is 0 Å². The quantitative estimate of drug-likeness (QED) is 0.571. The van der Waals surface area contributed by atoms with Gasteiger partial charge in [-0.2, -0.15) is 0 Å². The normalized spacial score (nSPS) is 20.0. The van der Waals surface area contributed by atoms with Gasteiger partial charge in [0.2, 0.25) is 0 Å². The van der Waals surface area contributed by atoms with Crippen LogP contribution in [0, 0.1) is 0 Å². The molecular weight excluding hydrogens is 277 g/mol. The number of ether oxygens (including phenoxy) is 1. The summed E-state index contributed by atoms with van der Waals surface area (Å²) >= 11 is 6.05. The van der Waals surface area contributed by atoms with Crippen LogP contribution in [0.1, 0.15) is 24.8 Å². The van der Waals surface area contributed by atoms with Gasteiger partial charge in [0.15, 0.2) is 0 Å². The van der Waals surface area contributed by atoms with Crippen LogP contribution in [0.15, 0.2) is 35.9 Å². The van der Waals surface area contributed by atoms with Crippen molar-refractivity contribution < 1.29 is 17.9 Å². The number of hydrogen-bond acceptors (Lipinski definition) is 1. The fourth-order valence-corrected chi connectivity index (χ4v) is 2.50.